The normalized spacial score (nSPS) is 19.7. The summed E-state index contributed by atoms with van der Waals surface area (Å²) < 4.78 is 10.1. The van der Waals surface area contributed by atoms with Crippen LogP contribution in [0.15, 0.2) is 4.52 Å². The van der Waals surface area contributed by atoms with Crippen molar-refractivity contribution in [3.8, 4) is 0 Å². The lowest BCUT2D eigenvalue weighted by Gasteiger charge is -2.24. The molecule has 1 N–H and O–H groups in total. The van der Waals surface area contributed by atoms with E-state index >= 15 is 0 Å². The van der Waals surface area contributed by atoms with Crippen molar-refractivity contribution >= 4 is 5.95 Å². The van der Waals surface area contributed by atoms with Crippen molar-refractivity contribution in [3.63, 3.8) is 0 Å². The van der Waals surface area contributed by atoms with Gasteiger partial charge >= 0.3 is 0 Å². The van der Waals surface area contributed by atoms with E-state index in [-0.39, 0.29) is 5.89 Å². The van der Waals surface area contributed by atoms with Crippen LogP contribution in [0.25, 0.3) is 0 Å². The zero-order chi connectivity index (χ0) is 9.97. The van der Waals surface area contributed by atoms with Gasteiger partial charge in [-0.2, -0.15) is 4.98 Å². The summed E-state index contributed by atoms with van der Waals surface area (Å²) in [5.41, 5.74) is 0. The Labute approximate surface area is 81.5 Å². The van der Waals surface area contributed by atoms with Gasteiger partial charge in [-0.1, -0.05) is 0 Å². The van der Waals surface area contributed by atoms with Gasteiger partial charge in [-0.3, -0.25) is 0 Å². The molecule has 1 fully saturated rings. The van der Waals surface area contributed by atoms with Crippen molar-refractivity contribution in [3.05, 3.63) is 5.89 Å². The molecule has 78 valence electrons. The summed E-state index contributed by atoms with van der Waals surface area (Å²) in [5.74, 6) is 0.788. The second-order valence-corrected chi connectivity index (χ2v) is 3.21. The lowest BCUT2D eigenvalue weighted by Crippen LogP contribution is -2.36. The van der Waals surface area contributed by atoms with Crippen LogP contribution in [0.4, 0.5) is 5.95 Å². The maximum absolute atomic E-state index is 9.20. The summed E-state index contributed by atoms with van der Waals surface area (Å²) in [6.07, 6.45) is -0.711. The zero-order valence-corrected chi connectivity index (χ0v) is 8.01. The average Bonchev–Trinajstić information content (AvgIpc) is 2.68. The predicted octanol–water partition coefficient (Wildman–Crippen LogP) is -0.0405. The first-order valence-electron chi connectivity index (χ1n) is 4.62. The number of hydrogen-bond acceptors (Lipinski definition) is 6. The van der Waals surface area contributed by atoms with Gasteiger partial charge in [0.15, 0.2) is 0 Å². The third-order valence-electron chi connectivity index (χ3n) is 2.08. The molecule has 0 spiro atoms. The molecule has 2 heterocycles. The lowest BCUT2D eigenvalue weighted by molar-refractivity contribution is 0.121. The summed E-state index contributed by atoms with van der Waals surface area (Å²) in [5, 5.41) is 13.0. The molecule has 0 radical (unpaired) electrons. The van der Waals surface area contributed by atoms with Crippen molar-refractivity contribution in [2.24, 2.45) is 0 Å². The molecule has 2 rings (SSSR count). The third-order valence-corrected chi connectivity index (χ3v) is 2.08. The van der Waals surface area contributed by atoms with Gasteiger partial charge in [0.25, 0.3) is 11.8 Å². The molecule has 1 unspecified atom stereocenters. The highest BCUT2D eigenvalue weighted by molar-refractivity contribution is 5.28. The van der Waals surface area contributed by atoms with Gasteiger partial charge in [0.1, 0.15) is 6.10 Å². The molecule has 1 aromatic rings. The Bertz CT molecular complexity index is 294. The molecule has 0 saturated carbocycles. The minimum absolute atomic E-state index is 0.256. The Balaban J connectivity index is 2.07. The average molecular weight is 199 g/mol. The molecular formula is C8H13N3O3. The molecule has 1 aliphatic rings. The Kier molecular flexibility index (Phi) is 2.64. The maximum atomic E-state index is 9.20. The standard InChI is InChI=1S/C8H13N3O3/c1-6(12)7-9-8(10-14-7)11-2-4-13-5-3-11/h6,12H,2-5H2,1H3. The summed E-state index contributed by atoms with van der Waals surface area (Å²) in [4.78, 5) is 6.05. The lowest BCUT2D eigenvalue weighted by atomic mass is 10.4. The Morgan fingerprint density at radius 3 is 2.71 bits per heavy atom. The number of morpholine rings is 1. The van der Waals surface area contributed by atoms with Crippen LogP contribution < -0.4 is 4.90 Å². The number of anilines is 1. The quantitative estimate of drug-likeness (QED) is 0.720. The SMILES string of the molecule is CC(O)c1nc(N2CCOCC2)no1. The predicted molar refractivity (Wildman–Crippen MR) is 48.0 cm³/mol. The van der Waals surface area contributed by atoms with Crippen molar-refractivity contribution in [2.45, 2.75) is 13.0 Å². The molecule has 14 heavy (non-hydrogen) atoms. The van der Waals surface area contributed by atoms with Gasteiger partial charge in [-0.15, -0.1) is 0 Å². The van der Waals surface area contributed by atoms with Crippen LogP contribution >= 0.6 is 0 Å². The monoisotopic (exact) mass is 199 g/mol. The van der Waals surface area contributed by atoms with Gasteiger partial charge in [0.05, 0.1) is 13.2 Å². The number of ether oxygens (including phenoxy) is 1. The van der Waals surface area contributed by atoms with E-state index in [0.29, 0.717) is 19.2 Å². The van der Waals surface area contributed by atoms with E-state index in [1.807, 2.05) is 4.90 Å². The van der Waals surface area contributed by atoms with Crippen LogP contribution in [0, 0.1) is 0 Å². The number of hydrogen-bond donors (Lipinski definition) is 1. The number of nitrogens with zero attached hydrogens (tertiary/aromatic N) is 3. The molecule has 1 saturated heterocycles. The van der Waals surface area contributed by atoms with Crippen LogP contribution in [0.5, 0.6) is 0 Å². The van der Waals surface area contributed by atoms with Crippen LogP contribution in [-0.4, -0.2) is 41.6 Å². The largest absolute Gasteiger partial charge is 0.384 e. The molecular weight excluding hydrogens is 186 g/mol. The van der Waals surface area contributed by atoms with E-state index in [0.717, 1.165) is 13.1 Å². The molecule has 1 aliphatic heterocycles. The molecule has 0 aromatic carbocycles. The summed E-state index contributed by atoms with van der Waals surface area (Å²) in [7, 11) is 0. The molecule has 6 nitrogen and oxygen atoms in total. The van der Waals surface area contributed by atoms with E-state index in [1.165, 1.54) is 0 Å². The van der Waals surface area contributed by atoms with Crippen molar-refractivity contribution < 1.29 is 14.4 Å². The van der Waals surface area contributed by atoms with Gasteiger partial charge in [-0.05, 0) is 12.1 Å². The summed E-state index contributed by atoms with van der Waals surface area (Å²) >= 11 is 0. The summed E-state index contributed by atoms with van der Waals surface area (Å²) in [6, 6.07) is 0. The topological polar surface area (TPSA) is 71.6 Å². The summed E-state index contributed by atoms with van der Waals surface area (Å²) in [6.45, 7) is 4.48. The van der Waals surface area contributed by atoms with E-state index < -0.39 is 6.10 Å². The number of aliphatic hydroxyl groups excluding tert-OH is 1. The highest BCUT2D eigenvalue weighted by atomic mass is 16.5. The van der Waals surface area contributed by atoms with Crippen molar-refractivity contribution in [1.82, 2.24) is 10.1 Å². The van der Waals surface area contributed by atoms with Gasteiger partial charge < -0.3 is 19.3 Å². The van der Waals surface area contributed by atoms with Gasteiger partial charge in [0.2, 0.25) is 0 Å². The molecule has 1 aromatic heterocycles. The molecule has 1 atom stereocenters. The smallest absolute Gasteiger partial charge is 0.266 e. The van der Waals surface area contributed by atoms with E-state index in [1.54, 1.807) is 6.92 Å². The van der Waals surface area contributed by atoms with Crippen LogP contribution in [-0.2, 0) is 4.74 Å². The number of aromatic nitrogens is 2. The first-order chi connectivity index (χ1) is 6.77. The maximum Gasteiger partial charge on any atom is 0.266 e. The van der Waals surface area contributed by atoms with E-state index in [2.05, 4.69) is 10.1 Å². The van der Waals surface area contributed by atoms with Gasteiger partial charge in [0, 0.05) is 13.1 Å². The second kappa shape index (κ2) is 3.93. The number of aliphatic hydroxyl groups is 1. The second-order valence-electron chi connectivity index (χ2n) is 3.21. The first-order valence-corrected chi connectivity index (χ1v) is 4.62. The fourth-order valence-electron chi connectivity index (χ4n) is 1.29. The van der Waals surface area contributed by atoms with Crippen molar-refractivity contribution in [2.75, 3.05) is 31.2 Å². The van der Waals surface area contributed by atoms with Gasteiger partial charge in [-0.25, -0.2) is 0 Å². The highest BCUT2D eigenvalue weighted by Crippen LogP contribution is 2.15. The Hall–Kier alpha value is -1.14. The molecule has 6 heteroatoms. The highest BCUT2D eigenvalue weighted by Gasteiger charge is 2.18. The fraction of sp³-hybridized carbons (Fsp3) is 0.750. The van der Waals surface area contributed by atoms with Crippen LogP contribution in [0.1, 0.15) is 18.9 Å². The van der Waals surface area contributed by atoms with Crippen LogP contribution in [0.2, 0.25) is 0 Å². The third kappa shape index (κ3) is 1.85. The molecule has 0 aliphatic carbocycles. The molecule has 0 bridgehead atoms. The van der Waals surface area contributed by atoms with Crippen molar-refractivity contribution in [1.29, 1.82) is 0 Å². The van der Waals surface area contributed by atoms with E-state index in [4.69, 9.17) is 9.26 Å². The molecule has 0 amide bonds. The number of rotatable bonds is 2. The fourth-order valence-corrected chi connectivity index (χ4v) is 1.29. The van der Waals surface area contributed by atoms with Crippen LogP contribution in [0.3, 0.4) is 0 Å². The minimum atomic E-state index is -0.711. The first kappa shape index (κ1) is 9.42. The Morgan fingerprint density at radius 1 is 1.43 bits per heavy atom. The zero-order valence-electron chi connectivity index (χ0n) is 8.01. The van der Waals surface area contributed by atoms with E-state index in [9.17, 15) is 5.11 Å². The Morgan fingerprint density at radius 2 is 2.14 bits per heavy atom. The minimum Gasteiger partial charge on any atom is -0.384 e.